The second kappa shape index (κ2) is 12.7. The van der Waals surface area contributed by atoms with Gasteiger partial charge in [-0.05, 0) is 40.7 Å². The van der Waals surface area contributed by atoms with E-state index in [1.54, 1.807) is 6.20 Å². The summed E-state index contributed by atoms with van der Waals surface area (Å²) in [5.74, 6) is 2.48. The Morgan fingerprint density at radius 3 is 2.51 bits per heavy atom. The normalized spacial score (nSPS) is 12.1. The van der Waals surface area contributed by atoms with Gasteiger partial charge in [0, 0.05) is 30.3 Å². The van der Waals surface area contributed by atoms with Crippen LogP contribution >= 0.6 is 12.6 Å². The Morgan fingerprint density at radius 2 is 1.86 bits per heavy atom. The van der Waals surface area contributed by atoms with Crippen molar-refractivity contribution in [2.75, 3.05) is 5.75 Å². The zero-order valence-corrected chi connectivity index (χ0v) is 22.6. The summed E-state index contributed by atoms with van der Waals surface area (Å²) >= 11 is 4.45. The highest BCUT2D eigenvalue weighted by Gasteiger charge is 2.20. The highest BCUT2D eigenvalue weighted by atomic mass is 32.1. The summed E-state index contributed by atoms with van der Waals surface area (Å²) in [6.45, 7) is 7.04. The second-order valence-corrected chi connectivity index (χ2v) is 10.1. The van der Waals surface area contributed by atoms with Crippen molar-refractivity contribution in [2.45, 2.75) is 59.0 Å². The number of aromatic amines is 1. The van der Waals surface area contributed by atoms with Crippen molar-refractivity contribution in [3.05, 3.63) is 71.8 Å². The standard InChI is InChI=1S/C28H35N7OS/c1-4-5-10-26-29-16-25(28(36)30-22(18-37)15-19(2)3)35(26)17-20-11-13-21(14-12-20)23-8-6-7-9-24(23)27-31-33-34-32-27/h6-9,11-14,16,19,22,37H,4-5,10,15,17-18H2,1-3H3,(H,30,36)(H,31,32,33,34). The third-order valence-electron chi connectivity index (χ3n) is 6.36. The number of H-pyrrole nitrogens is 1. The van der Waals surface area contributed by atoms with Crippen LogP contribution in [0.25, 0.3) is 22.5 Å². The molecule has 0 saturated carbocycles. The van der Waals surface area contributed by atoms with Gasteiger partial charge in [-0.15, -0.1) is 10.2 Å². The minimum Gasteiger partial charge on any atom is -0.347 e. The molecule has 9 heteroatoms. The molecule has 0 aliphatic carbocycles. The van der Waals surface area contributed by atoms with Gasteiger partial charge in [0.2, 0.25) is 5.82 Å². The van der Waals surface area contributed by atoms with Crippen molar-refractivity contribution in [1.29, 1.82) is 0 Å². The molecule has 0 aliphatic heterocycles. The fourth-order valence-electron chi connectivity index (χ4n) is 4.49. The monoisotopic (exact) mass is 517 g/mol. The molecule has 2 aromatic heterocycles. The molecular formula is C28H35N7OS. The predicted octanol–water partition coefficient (Wildman–Crippen LogP) is 5.20. The number of hydrogen-bond donors (Lipinski definition) is 3. The molecule has 2 heterocycles. The van der Waals surface area contributed by atoms with E-state index in [2.05, 4.69) is 99.2 Å². The van der Waals surface area contributed by atoms with E-state index in [-0.39, 0.29) is 11.9 Å². The number of imidazole rings is 1. The Labute approximate surface area is 223 Å². The van der Waals surface area contributed by atoms with E-state index in [1.807, 2.05) is 18.2 Å². The number of amides is 1. The molecule has 37 heavy (non-hydrogen) atoms. The van der Waals surface area contributed by atoms with Gasteiger partial charge in [0.15, 0.2) is 0 Å². The fourth-order valence-corrected chi connectivity index (χ4v) is 4.73. The summed E-state index contributed by atoms with van der Waals surface area (Å²) in [7, 11) is 0. The number of thiol groups is 1. The average Bonchev–Trinajstić information content (AvgIpc) is 3.58. The van der Waals surface area contributed by atoms with E-state index in [1.165, 1.54) is 0 Å². The van der Waals surface area contributed by atoms with E-state index in [9.17, 15) is 4.79 Å². The predicted molar refractivity (Wildman–Crippen MR) is 150 cm³/mol. The fraction of sp³-hybridized carbons (Fsp3) is 0.393. The van der Waals surface area contributed by atoms with Crippen molar-refractivity contribution in [3.8, 4) is 22.5 Å². The van der Waals surface area contributed by atoms with Crippen LogP contribution in [0.2, 0.25) is 0 Å². The number of nitrogens with one attached hydrogen (secondary N) is 2. The summed E-state index contributed by atoms with van der Waals surface area (Å²) in [6.07, 6.45) is 5.52. The van der Waals surface area contributed by atoms with Gasteiger partial charge < -0.3 is 9.88 Å². The molecule has 0 bridgehead atoms. The van der Waals surface area contributed by atoms with Crippen LogP contribution in [0, 0.1) is 5.92 Å². The lowest BCUT2D eigenvalue weighted by Gasteiger charge is -2.19. The van der Waals surface area contributed by atoms with Crippen molar-refractivity contribution in [2.24, 2.45) is 5.92 Å². The molecule has 0 radical (unpaired) electrons. The molecule has 1 amide bonds. The number of rotatable bonds is 12. The Morgan fingerprint density at radius 1 is 1.11 bits per heavy atom. The number of carbonyl (C=O) groups excluding carboxylic acids is 1. The number of tetrazole rings is 1. The Kier molecular flexibility index (Phi) is 9.11. The molecule has 4 aromatic rings. The van der Waals surface area contributed by atoms with Crippen LogP contribution in [0.1, 0.15) is 61.9 Å². The highest BCUT2D eigenvalue weighted by Crippen LogP contribution is 2.30. The molecule has 0 spiro atoms. The molecule has 1 atom stereocenters. The number of carbonyl (C=O) groups is 1. The first kappa shape index (κ1) is 26.6. The quantitative estimate of drug-likeness (QED) is 0.224. The van der Waals surface area contributed by atoms with Crippen LogP contribution in [0.5, 0.6) is 0 Å². The second-order valence-electron chi connectivity index (χ2n) is 9.71. The maximum Gasteiger partial charge on any atom is 0.269 e. The first-order valence-corrected chi connectivity index (χ1v) is 13.5. The van der Waals surface area contributed by atoms with Crippen molar-refractivity contribution in [1.82, 2.24) is 35.5 Å². The third-order valence-corrected chi connectivity index (χ3v) is 6.80. The molecule has 2 aromatic carbocycles. The summed E-state index contributed by atoms with van der Waals surface area (Å²) in [5, 5.41) is 17.7. The van der Waals surface area contributed by atoms with Crippen molar-refractivity contribution in [3.63, 3.8) is 0 Å². The first-order chi connectivity index (χ1) is 18.0. The largest absolute Gasteiger partial charge is 0.347 e. The number of aryl methyl sites for hydroxylation is 1. The van der Waals surface area contributed by atoms with Crippen LogP contribution in [0.3, 0.4) is 0 Å². The van der Waals surface area contributed by atoms with Crippen LogP contribution < -0.4 is 5.32 Å². The zero-order chi connectivity index (χ0) is 26.2. The Bertz CT molecular complexity index is 1280. The summed E-state index contributed by atoms with van der Waals surface area (Å²) in [5.41, 5.74) is 4.69. The lowest BCUT2D eigenvalue weighted by molar-refractivity contribution is 0.0927. The highest BCUT2D eigenvalue weighted by molar-refractivity contribution is 7.80. The summed E-state index contributed by atoms with van der Waals surface area (Å²) in [4.78, 5) is 17.9. The van der Waals surface area contributed by atoms with Gasteiger partial charge in [0.1, 0.15) is 11.5 Å². The van der Waals surface area contributed by atoms with E-state index in [4.69, 9.17) is 0 Å². The topological polar surface area (TPSA) is 101 Å². The number of hydrogen-bond acceptors (Lipinski definition) is 6. The molecule has 1 unspecified atom stereocenters. The Balaban J connectivity index is 1.58. The minimum atomic E-state index is -0.0967. The van der Waals surface area contributed by atoms with Gasteiger partial charge >= 0.3 is 0 Å². The van der Waals surface area contributed by atoms with E-state index < -0.39 is 0 Å². The molecule has 194 valence electrons. The molecule has 0 aliphatic rings. The molecule has 8 nitrogen and oxygen atoms in total. The van der Waals surface area contributed by atoms with Crippen molar-refractivity contribution >= 4 is 18.5 Å². The molecule has 2 N–H and O–H groups in total. The summed E-state index contributed by atoms with van der Waals surface area (Å²) < 4.78 is 2.05. The van der Waals surface area contributed by atoms with Crippen LogP contribution in [0.15, 0.2) is 54.7 Å². The molecule has 0 fully saturated rings. The third kappa shape index (κ3) is 6.65. The smallest absolute Gasteiger partial charge is 0.269 e. The number of nitrogens with zero attached hydrogens (tertiary/aromatic N) is 5. The average molecular weight is 518 g/mol. The van der Waals surface area contributed by atoms with E-state index >= 15 is 0 Å². The van der Waals surface area contributed by atoms with Gasteiger partial charge in [0.05, 0.1) is 6.20 Å². The Hall–Kier alpha value is -3.46. The van der Waals surface area contributed by atoms with Gasteiger partial charge in [-0.2, -0.15) is 17.8 Å². The molecular weight excluding hydrogens is 482 g/mol. The van der Waals surface area contributed by atoms with Crippen LogP contribution in [0.4, 0.5) is 0 Å². The number of benzene rings is 2. The van der Waals surface area contributed by atoms with Crippen LogP contribution in [-0.2, 0) is 13.0 Å². The minimum absolute atomic E-state index is 0.0248. The maximum absolute atomic E-state index is 13.3. The number of unbranched alkanes of at least 4 members (excludes halogenated alkanes) is 1. The number of aromatic nitrogens is 6. The zero-order valence-electron chi connectivity index (χ0n) is 21.7. The molecule has 4 rings (SSSR count). The van der Waals surface area contributed by atoms with Gasteiger partial charge in [-0.1, -0.05) is 75.7 Å². The first-order valence-electron chi connectivity index (χ1n) is 12.9. The van der Waals surface area contributed by atoms with Gasteiger partial charge in [0.25, 0.3) is 5.91 Å². The van der Waals surface area contributed by atoms with Crippen molar-refractivity contribution < 1.29 is 4.79 Å². The maximum atomic E-state index is 13.3. The van der Waals surface area contributed by atoms with E-state index in [0.29, 0.717) is 29.7 Å². The summed E-state index contributed by atoms with van der Waals surface area (Å²) in [6, 6.07) is 16.4. The van der Waals surface area contributed by atoms with Gasteiger partial charge in [-0.3, -0.25) is 4.79 Å². The lowest BCUT2D eigenvalue weighted by atomic mass is 9.98. The molecule has 0 saturated heterocycles. The van der Waals surface area contributed by atoms with E-state index in [0.717, 1.165) is 53.8 Å². The lowest BCUT2D eigenvalue weighted by Crippen LogP contribution is -2.38. The van der Waals surface area contributed by atoms with Crippen LogP contribution in [-0.4, -0.2) is 47.9 Å². The SMILES string of the molecule is CCCCc1ncc(C(=O)NC(CS)CC(C)C)n1Cc1ccc(-c2ccccc2-c2nn[nH]n2)cc1. The van der Waals surface area contributed by atoms with Gasteiger partial charge in [-0.25, -0.2) is 4.98 Å².